The van der Waals surface area contributed by atoms with Crippen molar-refractivity contribution in [2.75, 3.05) is 6.54 Å². The average molecular weight is 568 g/mol. The van der Waals surface area contributed by atoms with Gasteiger partial charge >= 0.3 is 12.1 Å². The first-order chi connectivity index (χ1) is 19.1. The minimum absolute atomic E-state index is 0.0802. The largest absolute Gasteiger partial charge is 0.508 e. The molecule has 3 amide bonds. The van der Waals surface area contributed by atoms with E-state index in [1.807, 2.05) is 30.3 Å². The van der Waals surface area contributed by atoms with E-state index in [-0.39, 0.29) is 18.2 Å². The number of amides is 3. The van der Waals surface area contributed by atoms with Gasteiger partial charge in [-0.05, 0) is 77.6 Å². The molecule has 41 heavy (non-hydrogen) atoms. The lowest BCUT2D eigenvalue weighted by Gasteiger charge is -2.33. The summed E-state index contributed by atoms with van der Waals surface area (Å²) >= 11 is 0. The smallest absolute Gasteiger partial charge is 0.408 e. The second-order valence-electron chi connectivity index (χ2n) is 12.2. The monoisotopic (exact) mass is 567 g/mol. The van der Waals surface area contributed by atoms with Crippen molar-refractivity contribution in [2.45, 2.75) is 90.1 Å². The first-order valence-electron chi connectivity index (χ1n) is 13.8. The number of nitrogens with one attached hydrogen (secondary N) is 2. The zero-order chi connectivity index (χ0) is 30.4. The number of alkyl carbamates (subject to hydrolysis) is 1. The normalized spacial score (nSPS) is 14.8. The number of ether oxygens (including phenoxy) is 2. The number of carbonyl (C=O) groups is 4. The number of esters is 1. The van der Waals surface area contributed by atoms with E-state index in [1.165, 1.54) is 17.0 Å². The van der Waals surface area contributed by atoms with Crippen molar-refractivity contribution in [2.24, 2.45) is 0 Å². The number of benzene rings is 2. The van der Waals surface area contributed by atoms with Crippen LogP contribution in [0, 0.1) is 0 Å². The standard InChI is InChI=1S/C31H41N3O7/c1-30(2,3)40-28(38)24(17-20-11-8-7-9-12-20)33-27(37)26(21-13-10-14-23(35)18-21)34(22-15-16-22)25(36)19-32-29(39)41-31(4,5)6/h7-14,18,22,24,26,35H,15-17,19H2,1-6H3,(H,32,39)(H,33,37). The fourth-order valence-electron chi connectivity index (χ4n) is 4.26. The van der Waals surface area contributed by atoms with Crippen LogP contribution in [0.1, 0.15) is 71.6 Å². The summed E-state index contributed by atoms with van der Waals surface area (Å²) in [6.07, 6.45) is 0.750. The third-order valence-electron chi connectivity index (χ3n) is 6.01. The Morgan fingerprint density at radius 3 is 2.12 bits per heavy atom. The highest BCUT2D eigenvalue weighted by molar-refractivity contribution is 5.93. The fraction of sp³-hybridized carbons (Fsp3) is 0.484. The van der Waals surface area contributed by atoms with Crippen LogP contribution in [0.15, 0.2) is 54.6 Å². The Labute approximate surface area is 241 Å². The Morgan fingerprint density at radius 1 is 0.927 bits per heavy atom. The van der Waals surface area contributed by atoms with Gasteiger partial charge in [-0.25, -0.2) is 9.59 Å². The quantitative estimate of drug-likeness (QED) is 0.369. The first kappa shape index (κ1) is 31.4. The van der Waals surface area contributed by atoms with E-state index >= 15 is 0 Å². The van der Waals surface area contributed by atoms with Gasteiger partial charge in [0, 0.05) is 12.5 Å². The molecule has 1 fully saturated rings. The highest BCUT2D eigenvalue weighted by Gasteiger charge is 2.42. The van der Waals surface area contributed by atoms with Crippen LogP contribution in [0.3, 0.4) is 0 Å². The first-order valence-corrected chi connectivity index (χ1v) is 13.8. The maximum absolute atomic E-state index is 14.0. The predicted molar refractivity (Wildman–Crippen MR) is 153 cm³/mol. The number of phenols is 1. The molecule has 2 atom stereocenters. The molecule has 1 aliphatic rings. The van der Waals surface area contributed by atoms with Gasteiger partial charge in [-0.15, -0.1) is 0 Å². The highest BCUT2D eigenvalue weighted by atomic mass is 16.6. The Balaban J connectivity index is 1.91. The van der Waals surface area contributed by atoms with E-state index < -0.39 is 53.7 Å². The van der Waals surface area contributed by atoms with E-state index in [0.29, 0.717) is 18.4 Å². The van der Waals surface area contributed by atoms with Gasteiger partial charge in [-0.3, -0.25) is 9.59 Å². The molecule has 3 N–H and O–H groups in total. The molecule has 2 aromatic rings. The number of hydrogen-bond donors (Lipinski definition) is 3. The molecule has 0 aliphatic heterocycles. The summed E-state index contributed by atoms with van der Waals surface area (Å²) in [4.78, 5) is 54.4. The van der Waals surface area contributed by atoms with E-state index in [2.05, 4.69) is 10.6 Å². The number of phenolic OH excluding ortho intramolecular Hbond substituents is 1. The molecule has 2 unspecified atom stereocenters. The number of hydrogen-bond acceptors (Lipinski definition) is 7. The summed E-state index contributed by atoms with van der Waals surface area (Å²) in [5.41, 5.74) is -0.357. The van der Waals surface area contributed by atoms with E-state index in [0.717, 1.165) is 5.56 Å². The van der Waals surface area contributed by atoms with E-state index in [4.69, 9.17) is 9.47 Å². The Hall–Kier alpha value is -4.08. The molecule has 0 saturated heterocycles. The van der Waals surface area contributed by atoms with E-state index in [1.54, 1.807) is 53.7 Å². The molecule has 0 radical (unpaired) electrons. The zero-order valence-electron chi connectivity index (χ0n) is 24.6. The van der Waals surface area contributed by atoms with Crippen molar-refractivity contribution >= 4 is 23.9 Å². The van der Waals surface area contributed by atoms with Crippen molar-refractivity contribution in [1.82, 2.24) is 15.5 Å². The molecule has 3 rings (SSSR count). The van der Waals surface area contributed by atoms with Crippen molar-refractivity contribution in [3.05, 3.63) is 65.7 Å². The van der Waals surface area contributed by atoms with Crippen LogP contribution in [-0.2, 0) is 30.3 Å². The van der Waals surface area contributed by atoms with Crippen LogP contribution in [0.2, 0.25) is 0 Å². The van der Waals surface area contributed by atoms with Crippen LogP contribution in [-0.4, -0.2) is 63.7 Å². The van der Waals surface area contributed by atoms with Gasteiger partial charge in [0.25, 0.3) is 0 Å². The van der Waals surface area contributed by atoms with Gasteiger partial charge in [0.15, 0.2) is 0 Å². The van der Waals surface area contributed by atoms with Crippen molar-refractivity contribution in [3.8, 4) is 5.75 Å². The van der Waals surface area contributed by atoms with Crippen LogP contribution in [0.5, 0.6) is 5.75 Å². The third-order valence-corrected chi connectivity index (χ3v) is 6.01. The number of carbonyl (C=O) groups excluding carboxylic acids is 4. The predicted octanol–water partition coefficient (Wildman–Crippen LogP) is 4.02. The van der Waals surface area contributed by atoms with Gasteiger partial charge < -0.3 is 30.1 Å². The van der Waals surface area contributed by atoms with E-state index in [9.17, 15) is 24.3 Å². The molecule has 2 aromatic carbocycles. The molecule has 10 heteroatoms. The molecule has 0 aromatic heterocycles. The van der Waals surface area contributed by atoms with Gasteiger partial charge in [0.05, 0.1) is 0 Å². The summed E-state index contributed by atoms with van der Waals surface area (Å²) in [7, 11) is 0. The maximum Gasteiger partial charge on any atom is 0.408 e. The molecule has 222 valence electrons. The minimum Gasteiger partial charge on any atom is -0.508 e. The topological polar surface area (TPSA) is 134 Å². The lowest BCUT2D eigenvalue weighted by molar-refractivity contribution is -0.159. The summed E-state index contributed by atoms with van der Waals surface area (Å²) in [5.74, 6) is -1.80. The Morgan fingerprint density at radius 2 is 1.56 bits per heavy atom. The molecule has 0 bridgehead atoms. The molecule has 0 heterocycles. The highest BCUT2D eigenvalue weighted by Crippen LogP contribution is 2.36. The van der Waals surface area contributed by atoms with Crippen LogP contribution in [0.25, 0.3) is 0 Å². The SMILES string of the molecule is CC(C)(C)OC(=O)NCC(=O)N(C1CC1)C(C(=O)NC(Cc1ccccc1)C(=O)OC(C)(C)C)c1cccc(O)c1. The molecule has 0 spiro atoms. The van der Waals surface area contributed by atoms with Gasteiger partial charge in [0.1, 0.15) is 35.6 Å². The Bertz CT molecular complexity index is 1230. The third kappa shape index (κ3) is 10.1. The minimum atomic E-state index is -1.18. The second-order valence-corrected chi connectivity index (χ2v) is 12.2. The average Bonchev–Trinajstić information content (AvgIpc) is 3.69. The van der Waals surface area contributed by atoms with Crippen LogP contribution >= 0.6 is 0 Å². The zero-order valence-corrected chi connectivity index (χ0v) is 24.6. The van der Waals surface area contributed by atoms with Crippen molar-refractivity contribution < 1.29 is 33.8 Å². The van der Waals surface area contributed by atoms with Crippen LogP contribution < -0.4 is 10.6 Å². The van der Waals surface area contributed by atoms with Crippen LogP contribution in [0.4, 0.5) is 4.79 Å². The molecule has 10 nitrogen and oxygen atoms in total. The summed E-state index contributed by atoms with van der Waals surface area (Å²) in [6.45, 7) is 9.97. The lowest BCUT2D eigenvalue weighted by Crippen LogP contribution is -2.52. The van der Waals surface area contributed by atoms with Gasteiger partial charge in [-0.1, -0.05) is 42.5 Å². The fourth-order valence-corrected chi connectivity index (χ4v) is 4.26. The molecule has 1 saturated carbocycles. The lowest BCUT2D eigenvalue weighted by atomic mass is 10.0. The number of aromatic hydroxyl groups is 1. The van der Waals surface area contributed by atoms with Gasteiger partial charge in [0.2, 0.25) is 11.8 Å². The second kappa shape index (κ2) is 13.1. The maximum atomic E-state index is 14.0. The van der Waals surface area contributed by atoms with Crippen molar-refractivity contribution in [3.63, 3.8) is 0 Å². The van der Waals surface area contributed by atoms with Gasteiger partial charge in [-0.2, -0.15) is 0 Å². The summed E-state index contributed by atoms with van der Waals surface area (Å²) in [6, 6.07) is 12.8. The summed E-state index contributed by atoms with van der Waals surface area (Å²) < 4.78 is 10.9. The molecular formula is C31H41N3O7. The Kier molecular flexibility index (Phi) is 10.0. The number of nitrogens with zero attached hydrogens (tertiary/aromatic N) is 1. The van der Waals surface area contributed by atoms with Crippen molar-refractivity contribution in [1.29, 1.82) is 0 Å². The summed E-state index contributed by atoms with van der Waals surface area (Å²) in [5, 5.41) is 15.5. The molecule has 1 aliphatic carbocycles. The molecular weight excluding hydrogens is 526 g/mol. The number of rotatable bonds is 10.